The first-order valence-electron chi connectivity index (χ1n) is 46.0. The van der Waals surface area contributed by atoms with Gasteiger partial charge in [0.2, 0.25) is 0 Å². The molecule has 20 rings (SSSR count). The van der Waals surface area contributed by atoms with Crippen molar-refractivity contribution in [3.05, 3.63) is 117 Å². The van der Waals surface area contributed by atoms with Crippen molar-refractivity contribution in [1.29, 1.82) is 0 Å². The van der Waals surface area contributed by atoms with E-state index in [1.807, 2.05) is 30.3 Å². The number of alkyl halides is 15. The number of nitrogens with one attached hydrogen (secondary N) is 4. The maximum atomic E-state index is 14.1. The van der Waals surface area contributed by atoms with Crippen molar-refractivity contribution in [1.82, 2.24) is 37.2 Å². The van der Waals surface area contributed by atoms with Crippen LogP contribution in [0, 0.1) is 45.3 Å². The van der Waals surface area contributed by atoms with Crippen molar-refractivity contribution < 1.29 is 140 Å². The molecule has 138 heavy (non-hydrogen) atoms. The Labute approximate surface area is 814 Å². The van der Waals surface area contributed by atoms with Crippen LogP contribution < -0.4 is 52.1 Å². The maximum absolute atomic E-state index is 14.1. The van der Waals surface area contributed by atoms with Gasteiger partial charge in [-0.25, -0.2) is 14.8 Å². The summed E-state index contributed by atoms with van der Waals surface area (Å²) >= 11 is 5.49. The van der Waals surface area contributed by atoms with Crippen molar-refractivity contribution in [3.63, 3.8) is 0 Å². The van der Waals surface area contributed by atoms with Crippen LogP contribution in [-0.2, 0) is 100 Å². The van der Waals surface area contributed by atoms with E-state index in [1.165, 1.54) is 31.2 Å². The number of thioether (sulfide) groups is 1. The fourth-order valence-electron chi connectivity index (χ4n) is 22.7. The number of guanidine groups is 1. The van der Waals surface area contributed by atoms with E-state index in [4.69, 9.17) is 55.8 Å². The number of nitrogens with two attached hydrogens (primary N) is 1. The largest absolute Gasteiger partial charge is 0.523 e. The molecular weight excluding hydrogens is 2020 g/mol. The molecule has 762 valence electrons. The van der Waals surface area contributed by atoms with Gasteiger partial charge in [0.05, 0.1) is 56.6 Å². The molecule has 0 bridgehead atoms. The normalized spacial score (nSPS) is 30.3. The Kier molecular flexibility index (Phi) is 30.8. The highest BCUT2D eigenvalue weighted by Gasteiger charge is 2.72. The predicted molar refractivity (Wildman–Crippen MR) is 488 cm³/mol. The van der Waals surface area contributed by atoms with Crippen LogP contribution in [-0.4, -0.2) is 199 Å². The smallest absolute Gasteiger partial charge is 0.493 e. The molecule has 2 saturated heterocycles. The van der Waals surface area contributed by atoms with Crippen molar-refractivity contribution in [2.75, 3.05) is 80.3 Å². The summed E-state index contributed by atoms with van der Waals surface area (Å²) in [6.45, 7) is -3.03. The van der Waals surface area contributed by atoms with Crippen molar-refractivity contribution in [2.24, 2.45) is 61.1 Å². The molecule has 16 aliphatic rings. The van der Waals surface area contributed by atoms with Crippen molar-refractivity contribution >= 4 is 104 Å². The van der Waals surface area contributed by atoms with E-state index in [0.29, 0.717) is 126 Å². The molecule has 8 saturated carbocycles. The monoisotopic (exact) mass is 2130 g/mol. The van der Waals surface area contributed by atoms with Crippen LogP contribution in [0.4, 0.5) is 70.7 Å². The Balaban J connectivity index is 0.000000141. The molecule has 26 nitrogen and oxygen atoms in total. The van der Waals surface area contributed by atoms with E-state index in [-0.39, 0.29) is 94.9 Å². The summed E-state index contributed by atoms with van der Waals surface area (Å²) in [5.41, 5.74) is 0.347. The number of benzene rings is 4. The molecule has 4 unspecified atom stereocenters. The first-order chi connectivity index (χ1) is 64.1. The molecule has 9 N–H and O–H groups in total. The summed E-state index contributed by atoms with van der Waals surface area (Å²) in [4.78, 5) is 76.5. The minimum absolute atomic E-state index is 0. The Morgan fingerprint density at radius 1 is 0.435 bits per heavy atom. The van der Waals surface area contributed by atoms with Gasteiger partial charge < -0.3 is 65.7 Å². The Morgan fingerprint density at radius 2 is 0.754 bits per heavy atom. The molecule has 4 aromatic carbocycles. The predicted octanol–water partition coefficient (Wildman–Crippen LogP) is 17.0. The number of urea groups is 1. The minimum atomic E-state index is -6.15. The van der Waals surface area contributed by atoms with E-state index in [0.717, 1.165) is 155 Å². The van der Waals surface area contributed by atoms with Gasteiger partial charge in [0.15, 0.2) is 45.0 Å². The third-order valence-corrected chi connectivity index (χ3v) is 32.6. The van der Waals surface area contributed by atoms with Crippen LogP contribution in [0.15, 0.2) is 82.8 Å². The number of fused-ring (bicyclic) bond motifs is 12. The average Bonchev–Trinajstić information content (AvgIpc) is 1.50. The van der Waals surface area contributed by atoms with Crippen LogP contribution in [0.3, 0.4) is 0 Å². The summed E-state index contributed by atoms with van der Waals surface area (Å²) in [6.07, 6.45) is 5.54. The number of carbonyl (C=O) groups is 5. The van der Waals surface area contributed by atoms with Gasteiger partial charge in [-0.1, -0.05) is 36.0 Å². The van der Waals surface area contributed by atoms with Crippen LogP contribution >= 0.6 is 48.0 Å². The topological polar surface area (TPSA) is 343 Å². The van der Waals surface area contributed by atoms with Gasteiger partial charge in [-0.15, -0.1) is 24.0 Å². The van der Waals surface area contributed by atoms with Crippen LogP contribution in [0.5, 0.6) is 23.0 Å². The van der Waals surface area contributed by atoms with Crippen molar-refractivity contribution in [3.8, 4) is 23.0 Å². The molecule has 4 aliphatic heterocycles. The Morgan fingerprint density at radius 3 is 1.07 bits per heavy atom. The number of thiocarbonyl (C=S) groups is 1. The first-order valence-corrected chi connectivity index (χ1v) is 48.8. The molecule has 0 aromatic heterocycles. The first kappa shape index (κ1) is 106. The number of halogens is 16. The Bertz CT molecular complexity index is 5250. The molecule has 6 amide bonds. The number of imide groups is 1. The zero-order valence-electron chi connectivity index (χ0n) is 76.4. The molecule has 12 aliphatic carbocycles. The summed E-state index contributed by atoms with van der Waals surface area (Å²) in [5, 5.41) is 11.7. The quantitative estimate of drug-likeness (QED) is 0.0113. The maximum Gasteiger partial charge on any atom is 0.523 e. The molecule has 8 spiro atoms. The van der Waals surface area contributed by atoms with Gasteiger partial charge in [-0.05, 0) is 309 Å². The second kappa shape index (κ2) is 40.1. The van der Waals surface area contributed by atoms with Crippen LogP contribution in [0.2, 0.25) is 0 Å². The van der Waals surface area contributed by atoms with E-state index in [1.54, 1.807) is 46.6 Å². The molecule has 45 heteroatoms. The van der Waals surface area contributed by atoms with E-state index >= 15 is 0 Å². The van der Waals surface area contributed by atoms with E-state index in [9.17, 15) is 98.2 Å². The number of amides is 6. The highest BCUT2D eigenvalue weighted by Crippen LogP contribution is 2.67. The average molecular weight is 2140 g/mol. The summed E-state index contributed by atoms with van der Waals surface area (Å²) in [7, 11) is 0.618. The molecule has 4 atom stereocenters. The second-order valence-corrected chi connectivity index (χ2v) is 42.1. The number of rotatable bonds is 21. The summed E-state index contributed by atoms with van der Waals surface area (Å²) < 4.78 is 256. The third-order valence-electron chi connectivity index (χ3n) is 30.4. The Hall–Kier alpha value is -7.80. The number of carbonyl (C=O) groups excluding carboxylic acids is 5. The van der Waals surface area contributed by atoms with Crippen LogP contribution in [0.25, 0.3) is 0 Å². The summed E-state index contributed by atoms with van der Waals surface area (Å²) in [6, 6.07) is 22.8. The number of nitrogens with zero attached hydrogens (tertiary/aromatic N) is 4. The van der Waals surface area contributed by atoms with Crippen LogP contribution in [0.1, 0.15) is 199 Å². The van der Waals surface area contributed by atoms with Gasteiger partial charge in [-0.2, -0.15) is 74.3 Å². The zero-order chi connectivity index (χ0) is 97.6. The van der Waals surface area contributed by atoms with Gasteiger partial charge in [0.1, 0.15) is 36.1 Å². The molecule has 4 heterocycles. The lowest BCUT2D eigenvalue weighted by Gasteiger charge is -2.46. The summed E-state index contributed by atoms with van der Waals surface area (Å²) in [5.74, 6) is 1.48. The number of ether oxygens (including phenoxy) is 8. The van der Waals surface area contributed by atoms with E-state index in [2.05, 4.69) is 59.7 Å². The van der Waals surface area contributed by atoms with Gasteiger partial charge >= 0.3 is 46.4 Å². The lowest BCUT2D eigenvalue weighted by molar-refractivity contribution is -0.158. The fourth-order valence-corrected chi connectivity index (χ4v) is 24.2. The number of methoxy groups -OCH3 is 4. The fraction of sp³-hybridized carbons (Fsp3) is 0.656. The molecular formula is C93H114F15IN10O16S3. The lowest BCUT2D eigenvalue weighted by atomic mass is 9.61. The molecule has 10 fully saturated rings. The highest BCUT2D eigenvalue weighted by atomic mass is 127. The molecule has 0 radical (unpaired) electrons. The SMILES string of the molecule is COC1CCC2(CC1)Cc1ccc(OCC3CC3)cc1C21N=C(N)N(CC(F)(F)F)C1=O.COC1CCC2(CC1)Cc1ccc(OCC3CC3)cc1C21N=C(SCC(F)(F)F)N(CC(F)(F)F)C1=O.COC1CCC2(CC1)Cc1ccc(OCC3CC3)cc1C21NC(=O)NC1=O.COC1CCC2(CC1)Cc1ccc(OCC3CC3)cc1C21NC(=S)NC1=O.I.N.O=S(=O)(OCC(F)(F)F)C(F)(F)F. The van der Waals surface area contributed by atoms with Crippen molar-refractivity contribution in [2.45, 2.75) is 257 Å². The van der Waals surface area contributed by atoms with Gasteiger partial charge in [-0.3, -0.25) is 38.5 Å². The number of aliphatic imine (C=N–C) groups is 2. The van der Waals surface area contributed by atoms with E-state index < -0.39 is 122 Å². The standard InChI is InChI=1S/C25H28F6N2O3S.C23H28F3N3O3.C21H26N2O4.C21H26N2O3S.C3H2F6O3S.HI.H3N/c1-35-17-6-8-22(9-7-17)11-16-4-5-18(36-12-15-2-3-15)10-19(16)25(22)20(34)33(13-23(26,27)28)21(32-25)37-14-24(29,30)31;1-31-16-6-8-21(9-7-16)11-15-4-5-17(32-12-14-2-3-14)10-18(15)23(21)19(30)29(20(27)28-23)13-22(24,25)26;1-26-15-6-8-20(9-7-15)11-14-4-5-16(27-12-13-2-3-13)10-17(14)21(20)18(24)22-19(25)23-21;1-25-15-6-8-20(9-7-15)11-14-4-5-16(26-12-13-2-3-13)10-17(14)21(20)18(24)22-19(27)23-21;4-2(5,6)1-12-13(10,11)3(7,8)9;;/h4-5,10,15,17H,2-3,6-9,11-14H2,1H3;4-5,10,14,16H,2-3,6-9,11-13H2,1H3,(H2,27,28);4-5,10,13,15H,2-3,6-9,11-12H2,1H3,(H2,22,23,24,25);4-5,10,13,15H,2-3,6-9,11-12H2,1H3,(H2,22,23,24,27);1H2;1H;1H3. The lowest BCUT2D eigenvalue weighted by Crippen LogP contribution is -2.56. The number of hydrogen-bond donors (Lipinski definition) is 6. The molecule has 4 aromatic rings. The van der Waals surface area contributed by atoms with Gasteiger partial charge in [0, 0.05) is 50.1 Å². The second-order valence-electron chi connectivity index (χ2n) is 39.2. The number of amidine groups is 1. The number of hydrogen-bond acceptors (Lipinski definition) is 22. The van der Waals surface area contributed by atoms with Gasteiger partial charge in [0.25, 0.3) is 23.6 Å². The highest BCUT2D eigenvalue weighted by molar-refractivity contribution is 14.0. The zero-order valence-corrected chi connectivity index (χ0v) is 81.2. The minimum Gasteiger partial charge on any atom is -0.493 e. The third kappa shape index (κ3) is 21.3.